The summed E-state index contributed by atoms with van der Waals surface area (Å²) in [6.07, 6.45) is 3.96. The maximum Gasteiger partial charge on any atom is 0.151 e. The van der Waals surface area contributed by atoms with Crippen LogP contribution in [0, 0.1) is 0 Å². The number of benzene rings is 2. The smallest absolute Gasteiger partial charge is 0.151 e. The SMILES string of the molecule is C/C=C(CO)\C(=C/C)N1c2ccccc2Oc2ccccc21.CC.CC.CC. The molecule has 0 aliphatic carbocycles. The van der Waals surface area contributed by atoms with Crippen molar-refractivity contribution >= 4 is 11.4 Å². The molecule has 0 aromatic heterocycles. The number of hydrogen-bond acceptors (Lipinski definition) is 3. The average Bonchev–Trinajstić information content (AvgIpc) is 2.80. The molecule has 3 nitrogen and oxygen atoms in total. The molecule has 0 radical (unpaired) electrons. The summed E-state index contributed by atoms with van der Waals surface area (Å²) in [5.41, 5.74) is 3.80. The fourth-order valence-corrected chi connectivity index (χ4v) is 2.74. The molecule has 2 aromatic rings. The van der Waals surface area contributed by atoms with Crippen LogP contribution in [0.25, 0.3) is 0 Å². The lowest BCUT2D eigenvalue weighted by molar-refractivity contribution is 0.332. The summed E-state index contributed by atoms with van der Waals surface area (Å²) >= 11 is 0. The van der Waals surface area contributed by atoms with Crippen molar-refractivity contribution in [3.8, 4) is 11.5 Å². The van der Waals surface area contributed by atoms with E-state index in [1.807, 2.05) is 116 Å². The number of rotatable bonds is 3. The molecule has 154 valence electrons. The minimum atomic E-state index is -0.00212. The minimum Gasteiger partial charge on any atom is -0.453 e. The lowest BCUT2D eigenvalue weighted by Gasteiger charge is -2.35. The molecule has 0 amide bonds. The summed E-state index contributed by atoms with van der Waals surface area (Å²) in [6, 6.07) is 15.9. The van der Waals surface area contributed by atoms with Crippen molar-refractivity contribution in [1.82, 2.24) is 0 Å². The number of aliphatic hydroxyl groups is 1. The van der Waals surface area contributed by atoms with Gasteiger partial charge in [0.15, 0.2) is 11.5 Å². The zero-order chi connectivity index (χ0) is 21.5. The van der Waals surface area contributed by atoms with Gasteiger partial charge in [-0.25, -0.2) is 0 Å². The largest absolute Gasteiger partial charge is 0.453 e. The molecule has 0 fully saturated rings. The molecular formula is C25H37NO2. The van der Waals surface area contributed by atoms with Crippen LogP contribution in [-0.4, -0.2) is 11.7 Å². The highest BCUT2D eigenvalue weighted by molar-refractivity contribution is 5.82. The normalized spacial score (nSPS) is 11.8. The minimum absolute atomic E-state index is 0.00212. The first-order valence-electron chi connectivity index (χ1n) is 10.4. The Morgan fingerprint density at radius 3 is 1.57 bits per heavy atom. The number of allylic oxidation sites excluding steroid dienone is 2. The maximum atomic E-state index is 9.69. The highest BCUT2D eigenvalue weighted by Gasteiger charge is 2.27. The van der Waals surface area contributed by atoms with Crippen LogP contribution in [0.15, 0.2) is 72.0 Å². The third kappa shape index (κ3) is 5.74. The second-order valence-corrected chi connectivity index (χ2v) is 5.02. The van der Waals surface area contributed by atoms with Gasteiger partial charge in [-0.3, -0.25) is 0 Å². The van der Waals surface area contributed by atoms with Crippen molar-refractivity contribution in [3.63, 3.8) is 0 Å². The first kappa shape index (κ1) is 25.5. The van der Waals surface area contributed by atoms with Crippen molar-refractivity contribution in [3.05, 3.63) is 72.0 Å². The Kier molecular flexibility index (Phi) is 13.2. The zero-order valence-corrected chi connectivity index (χ0v) is 18.8. The Hall–Kier alpha value is -2.52. The van der Waals surface area contributed by atoms with Gasteiger partial charge in [-0.2, -0.15) is 0 Å². The Morgan fingerprint density at radius 1 is 0.786 bits per heavy atom. The zero-order valence-electron chi connectivity index (χ0n) is 18.8. The van der Waals surface area contributed by atoms with Crippen molar-refractivity contribution in [2.75, 3.05) is 11.5 Å². The molecule has 0 unspecified atom stereocenters. The Morgan fingerprint density at radius 2 is 1.21 bits per heavy atom. The summed E-state index contributed by atoms with van der Waals surface area (Å²) < 4.78 is 6.00. The topological polar surface area (TPSA) is 32.7 Å². The summed E-state index contributed by atoms with van der Waals surface area (Å²) in [4.78, 5) is 2.14. The van der Waals surface area contributed by atoms with E-state index >= 15 is 0 Å². The molecule has 3 heteroatoms. The lowest BCUT2D eigenvalue weighted by Crippen LogP contribution is -2.22. The average molecular weight is 384 g/mol. The van der Waals surface area contributed by atoms with Gasteiger partial charge in [0.05, 0.1) is 18.0 Å². The summed E-state index contributed by atoms with van der Waals surface area (Å²) in [7, 11) is 0. The highest BCUT2D eigenvalue weighted by Crippen LogP contribution is 2.48. The predicted molar refractivity (Wildman–Crippen MR) is 124 cm³/mol. The molecule has 0 atom stereocenters. The van der Waals surface area contributed by atoms with E-state index in [0.29, 0.717) is 0 Å². The van der Waals surface area contributed by atoms with Gasteiger partial charge in [0.1, 0.15) is 0 Å². The molecule has 0 spiro atoms. The number of hydrogen-bond donors (Lipinski definition) is 1. The summed E-state index contributed by atoms with van der Waals surface area (Å²) in [5.74, 6) is 1.63. The van der Waals surface area contributed by atoms with Gasteiger partial charge < -0.3 is 14.7 Å². The second-order valence-electron chi connectivity index (χ2n) is 5.02. The van der Waals surface area contributed by atoms with Crippen LogP contribution < -0.4 is 9.64 Å². The van der Waals surface area contributed by atoms with E-state index in [9.17, 15) is 5.11 Å². The van der Waals surface area contributed by atoms with Gasteiger partial charge in [-0.15, -0.1) is 0 Å². The number of ether oxygens (including phenoxy) is 1. The number of nitrogens with zero attached hydrogens (tertiary/aromatic N) is 1. The van der Waals surface area contributed by atoms with Gasteiger partial charge in [-0.05, 0) is 43.7 Å². The van der Waals surface area contributed by atoms with Gasteiger partial charge in [0.25, 0.3) is 0 Å². The highest BCUT2D eigenvalue weighted by atomic mass is 16.5. The lowest BCUT2D eigenvalue weighted by atomic mass is 10.1. The Bertz CT molecular complexity index is 702. The van der Waals surface area contributed by atoms with Crippen LogP contribution in [0.1, 0.15) is 55.4 Å². The molecule has 0 saturated carbocycles. The molecule has 28 heavy (non-hydrogen) atoms. The molecular weight excluding hydrogens is 346 g/mol. The first-order valence-corrected chi connectivity index (χ1v) is 10.4. The van der Waals surface area contributed by atoms with Gasteiger partial charge in [-0.1, -0.05) is 78.0 Å². The third-order valence-electron chi connectivity index (χ3n) is 3.79. The van der Waals surface area contributed by atoms with E-state index in [0.717, 1.165) is 34.1 Å². The summed E-state index contributed by atoms with van der Waals surface area (Å²) in [5, 5.41) is 9.69. The van der Waals surface area contributed by atoms with E-state index < -0.39 is 0 Å². The third-order valence-corrected chi connectivity index (χ3v) is 3.79. The monoisotopic (exact) mass is 383 g/mol. The predicted octanol–water partition coefficient (Wildman–Crippen LogP) is 7.85. The van der Waals surface area contributed by atoms with Crippen LogP contribution in [-0.2, 0) is 0 Å². The van der Waals surface area contributed by atoms with E-state index in [2.05, 4.69) is 4.90 Å². The van der Waals surface area contributed by atoms with Gasteiger partial charge in [0, 0.05) is 5.70 Å². The number of para-hydroxylation sites is 4. The standard InChI is InChI=1S/C19H19NO2.3C2H6/c1-3-14(13-21)15(4-2)20-16-9-5-7-11-18(16)22-19-12-8-6-10-17(19)20;3*1-2/h3-12,21H,13H2,1-2H3;3*1-2H3/b14-3-,15-4+;;;. The second kappa shape index (κ2) is 14.5. The first-order chi connectivity index (χ1) is 13.8. The van der Waals surface area contributed by atoms with Crippen molar-refractivity contribution in [2.24, 2.45) is 0 Å². The molecule has 3 rings (SSSR count). The van der Waals surface area contributed by atoms with E-state index in [1.165, 1.54) is 0 Å². The Balaban J connectivity index is 0.00000111. The summed E-state index contributed by atoms with van der Waals surface area (Å²) in [6.45, 7) is 15.9. The van der Waals surface area contributed by atoms with Crippen LogP contribution in [0.5, 0.6) is 11.5 Å². The number of aliphatic hydroxyl groups excluding tert-OH is 1. The maximum absolute atomic E-state index is 9.69. The number of fused-ring (bicyclic) bond motifs is 2. The number of anilines is 2. The molecule has 1 aliphatic rings. The van der Waals surface area contributed by atoms with Crippen LogP contribution in [0.3, 0.4) is 0 Å². The fraction of sp³-hybridized carbons (Fsp3) is 0.360. The van der Waals surface area contributed by atoms with E-state index in [1.54, 1.807) is 0 Å². The molecule has 0 saturated heterocycles. The van der Waals surface area contributed by atoms with E-state index in [4.69, 9.17) is 4.74 Å². The van der Waals surface area contributed by atoms with Crippen LogP contribution in [0.4, 0.5) is 11.4 Å². The van der Waals surface area contributed by atoms with Gasteiger partial charge >= 0.3 is 0 Å². The van der Waals surface area contributed by atoms with Crippen molar-refractivity contribution < 1.29 is 9.84 Å². The Labute approximate surface area is 172 Å². The molecule has 1 heterocycles. The van der Waals surface area contributed by atoms with Crippen molar-refractivity contribution in [1.29, 1.82) is 0 Å². The molecule has 2 aromatic carbocycles. The fourth-order valence-electron chi connectivity index (χ4n) is 2.74. The quantitative estimate of drug-likeness (QED) is 0.548. The van der Waals surface area contributed by atoms with Gasteiger partial charge in [0.2, 0.25) is 0 Å². The van der Waals surface area contributed by atoms with Crippen molar-refractivity contribution in [2.45, 2.75) is 55.4 Å². The van der Waals surface area contributed by atoms with Crippen LogP contribution in [0.2, 0.25) is 0 Å². The van der Waals surface area contributed by atoms with Crippen LogP contribution >= 0.6 is 0 Å². The van der Waals surface area contributed by atoms with E-state index in [-0.39, 0.29) is 6.61 Å². The molecule has 0 bridgehead atoms. The molecule has 1 N–H and O–H groups in total. The molecule has 1 aliphatic heterocycles.